The van der Waals surface area contributed by atoms with Gasteiger partial charge in [-0.3, -0.25) is 4.90 Å². The number of nitrogens with zero attached hydrogens (tertiary/aromatic N) is 3. The smallest absolute Gasteiger partial charge is 0.0447 e. The van der Waals surface area contributed by atoms with E-state index in [9.17, 15) is 0 Å². The van der Waals surface area contributed by atoms with E-state index < -0.39 is 0 Å². The molecular formula is C21H27N3. The van der Waals surface area contributed by atoms with Gasteiger partial charge in [-0.1, -0.05) is 43.3 Å². The molecule has 2 aliphatic heterocycles. The number of likely N-dealkylation sites (N-methyl/N-ethyl adjacent to an activating group) is 1. The lowest BCUT2D eigenvalue weighted by Crippen LogP contribution is -2.48. The lowest BCUT2D eigenvalue weighted by atomic mass is 9.95. The number of piperazine rings is 1. The average Bonchev–Trinajstić information content (AvgIpc) is 2.65. The van der Waals surface area contributed by atoms with Crippen LogP contribution in [0.5, 0.6) is 0 Å². The van der Waals surface area contributed by atoms with Crippen molar-refractivity contribution in [3.63, 3.8) is 0 Å². The Kier molecular flexibility index (Phi) is 4.54. The zero-order valence-electron chi connectivity index (χ0n) is 14.6. The van der Waals surface area contributed by atoms with E-state index >= 15 is 0 Å². The molecule has 3 heteroatoms. The maximum atomic E-state index is 2.62. The van der Waals surface area contributed by atoms with Crippen molar-refractivity contribution in [1.82, 2.24) is 9.80 Å². The summed E-state index contributed by atoms with van der Waals surface area (Å²) in [7, 11) is 0. The summed E-state index contributed by atoms with van der Waals surface area (Å²) in [6.45, 7) is 10.5. The van der Waals surface area contributed by atoms with Gasteiger partial charge in [-0.25, -0.2) is 0 Å². The Balaban J connectivity index is 1.51. The Bertz CT molecular complexity index is 643. The van der Waals surface area contributed by atoms with Gasteiger partial charge in [0.05, 0.1) is 0 Å². The highest BCUT2D eigenvalue weighted by atomic mass is 15.3. The molecule has 0 aromatic heterocycles. The SMILES string of the molecule is CCN1CCN(CCN2c3ccccc3Cc3ccccc32)CC1. The summed E-state index contributed by atoms with van der Waals surface area (Å²) in [6, 6.07) is 17.8. The van der Waals surface area contributed by atoms with Gasteiger partial charge in [-0.2, -0.15) is 0 Å². The van der Waals surface area contributed by atoms with Crippen LogP contribution in [0.15, 0.2) is 48.5 Å². The number of fused-ring (bicyclic) bond motifs is 2. The third kappa shape index (κ3) is 3.06. The molecule has 4 rings (SSSR count). The fourth-order valence-corrected chi connectivity index (χ4v) is 3.99. The second-order valence-corrected chi connectivity index (χ2v) is 6.86. The van der Waals surface area contributed by atoms with E-state index in [2.05, 4.69) is 70.2 Å². The summed E-state index contributed by atoms with van der Waals surface area (Å²) in [5, 5.41) is 0. The van der Waals surface area contributed by atoms with E-state index in [4.69, 9.17) is 0 Å². The summed E-state index contributed by atoms with van der Waals surface area (Å²) >= 11 is 0. The molecule has 0 aliphatic carbocycles. The number of anilines is 2. The fourth-order valence-electron chi connectivity index (χ4n) is 3.99. The van der Waals surface area contributed by atoms with Crippen LogP contribution in [0.3, 0.4) is 0 Å². The molecule has 3 nitrogen and oxygen atoms in total. The van der Waals surface area contributed by atoms with Crippen LogP contribution in [-0.4, -0.2) is 55.6 Å². The predicted octanol–water partition coefficient (Wildman–Crippen LogP) is 3.37. The van der Waals surface area contributed by atoms with E-state index in [1.807, 2.05) is 0 Å². The minimum Gasteiger partial charge on any atom is -0.340 e. The molecule has 0 unspecified atom stereocenters. The Morgan fingerprint density at radius 3 is 1.83 bits per heavy atom. The van der Waals surface area contributed by atoms with Crippen molar-refractivity contribution < 1.29 is 0 Å². The Morgan fingerprint density at radius 2 is 1.25 bits per heavy atom. The lowest BCUT2D eigenvalue weighted by molar-refractivity contribution is 0.140. The highest BCUT2D eigenvalue weighted by Crippen LogP contribution is 2.38. The predicted molar refractivity (Wildman–Crippen MR) is 101 cm³/mol. The highest BCUT2D eigenvalue weighted by molar-refractivity contribution is 5.74. The van der Waals surface area contributed by atoms with Gasteiger partial charge in [-0.15, -0.1) is 0 Å². The molecule has 0 bridgehead atoms. The zero-order chi connectivity index (χ0) is 16.4. The molecule has 0 spiro atoms. The number of hydrogen-bond acceptors (Lipinski definition) is 3. The van der Waals surface area contributed by atoms with Crippen molar-refractivity contribution >= 4 is 11.4 Å². The molecule has 2 aliphatic rings. The van der Waals surface area contributed by atoms with Gasteiger partial charge >= 0.3 is 0 Å². The molecule has 2 aromatic rings. The van der Waals surface area contributed by atoms with Gasteiger partial charge in [-0.05, 0) is 29.8 Å². The molecule has 126 valence electrons. The van der Waals surface area contributed by atoms with Crippen LogP contribution in [0.1, 0.15) is 18.1 Å². The third-order valence-corrected chi connectivity index (χ3v) is 5.50. The maximum absolute atomic E-state index is 2.62. The molecule has 0 amide bonds. The van der Waals surface area contributed by atoms with Crippen molar-refractivity contribution in [2.24, 2.45) is 0 Å². The van der Waals surface area contributed by atoms with Gasteiger partial charge in [0.15, 0.2) is 0 Å². The Morgan fingerprint density at radius 1 is 0.708 bits per heavy atom. The van der Waals surface area contributed by atoms with Crippen LogP contribution in [0, 0.1) is 0 Å². The number of benzene rings is 2. The summed E-state index contributed by atoms with van der Waals surface area (Å²) in [5.41, 5.74) is 5.69. The van der Waals surface area contributed by atoms with E-state index in [-0.39, 0.29) is 0 Å². The van der Waals surface area contributed by atoms with Crippen LogP contribution >= 0.6 is 0 Å². The summed E-state index contributed by atoms with van der Waals surface area (Å²) < 4.78 is 0. The molecule has 0 saturated carbocycles. The fraction of sp³-hybridized carbons (Fsp3) is 0.429. The first-order chi connectivity index (χ1) is 11.8. The standard InChI is InChI=1S/C21H27N3/c1-2-22-11-13-23(14-12-22)15-16-24-20-9-5-3-7-18(20)17-19-8-4-6-10-21(19)24/h3-10H,2,11-17H2,1H3. The van der Waals surface area contributed by atoms with Crippen LogP contribution < -0.4 is 4.90 Å². The maximum Gasteiger partial charge on any atom is 0.0447 e. The van der Waals surface area contributed by atoms with Crippen LogP contribution in [-0.2, 0) is 6.42 Å². The lowest BCUT2D eigenvalue weighted by Gasteiger charge is -2.37. The minimum absolute atomic E-state index is 1.05. The van der Waals surface area contributed by atoms with E-state index in [1.165, 1.54) is 55.2 Å². The van der Waals surface area contributed by atoms with Crippen molar-refractivity contribution in [1.29, 1.82) is 0 Å². The number of rotatable bonds is 4. The van der Waals surface area contributed by atoms with Crippen LogP contribution in [0.4, 0.5) is 11.4 Å². The second-order valence-electron chi connectivity index (χ2n) is 6.86. The van der Waals surface area contributed by atoms with Crippen LogP contribution in [0.25, 0.3) is 0 Å². The molecule has 1 saturated heterocycles. The quantitative estimate of drug-likeness (QED) is 0.855. The monoisotopic (exact) mass is 321 g/mol. The van der Waals surface area contributed by atoms with Crippen molar-refractivity contribution in [3.8, 4) is 0 Å². The third-order valence-electron chi connectivity index (χ3n) is 5.50. The van der Waals surface area contributed by atoms with Gasteiger partial charge < -0.3 is 9.80 Å². The van der Waals surface area contributed by atoms with Gasteiger partial charge in [0.2, 0.25) is 0 Å². The second kappa shape index (κ2) is 6.96. The van der Waals surface area contributed by atoms with Crippen molar-refractivity contribution in [3.05, 3.63) is 59.7 Å². The largest absolute Gasteiger partial charge is 0.340 e. The molecule has 0 radical (unpaired) electrons. The average molecular weight is 321 g/mol. The molecule has 1 fully saturated rings. The molecule has 24 heavy (non-hydrogen) atoms. The van der Waals surface area contributed by atoms with E-state index in [1.54, 1.807) is 0 Å². The Labute approximate surface area is 145 Å². The first-order valence-electron chi connectivity index (χ1n) is 9.23. The molecule has 2 heterocycles. The summed E-state index contributed by atoms with van der Waals surface area (Å²) in [4.78, 5) is 7.69. The van der Waals surface area contributed by atoms with Crippen LogP contribution in [0.2, 0.25) is 0 Å². The first kappa shape index (κ1) is 15.7. The van der Waals surface area contributed by atoms with Gasteiger partial charge in [0.1, 0.15) is 0 Å². The van der Waals surface area contributed by atoms with Gasteiger partial charge in [0, 0.05) is 57.1 Å². The molecular weight excluding hydrogens is 294 g/mol. The summed E-state index contributed by atoms with van der Waals surface area (Å²) in [5.74, 6) is 0. The molecule has 2 aromatic carbocycles. The summed E-state index contributed by atoms with van der Waals surface area (Å²) in [6.07, 6.45) is 1.05. The topological polar surface area (TPSA) is 9.72 Å². The number of hydrogen-bond donors (Lipinski definition) is 0. The molecule has 0 atom stereocenters. The molecule has 0 N–H and O–H groups in total. The van der Waals surface area contributed by atoms with Crippen molar-refractivity contribution in [2.45, 2.75) is 13.3 Å². The van der Waals surface area contributed by atoms with E-state index in [0.29, 0.717) is 0 Å². The number of para-hydroxylation sites is 2. The zero-order valence-corrected chi connectivity index (χ0v) is 14.6. The first-order valence-corrected chi connectivity index (χ1v) is 9.23. The van der Waals surface area contributed by atoms with E-state index in [0.717, 1.165) is 19.5 Å². The Hall–Kier alpha value is -1.84. The van der Waals surface area contributed by atoms with Gasteiger partial charge in [0.25, 0.3) is 0 Å². The minimum atomic E-state index is 1.05. The normalized spacial score (nSPS) is 18.3. The van der Waals surface area contributed by atoms with Crippen molar-refractivity contribution in [2.75, 3.05) is 50.7 Å². The highest BCUT2D eigenvalue weighted by Gasteiger charge is 2.23.